The van der Waals surface area contributed by atoms with Gasteiger partial charge in [-0.1, -0.05) is 25.1 Å². The Hall–Kier alpha value is -1.71. The highest BCUT2D eigenvalue weighted by molar-refractivity contribution is 5.80. The summed E-state index contributed by atoms with van der Waals surface area (Å²) in [5.41, 5.74) is 1.25. The minimum atomic E-state index is 0.768. The Morgan fingerprint density at radius 2 is 2.14 bits per heavy atom. The third kappa shape index (κ3) is 4.66. The van der Waals surface area contributed by atoms with E-state index in [1.807, 2.05) is 7.05 Å². The number of likely N-dealkylation sites (tertiary alicyclic amines) is 1. The number of likely N-dealkylation sites (N-methyl/N-ethyl adjacent to an activating group) is 1. The summed E-state index contributed by atoms with van der Waals surface area (Å²) < 4.78 is 0. The lowest BCUT2D eigenvalue weighted by Crippen LogP contribution is -2.47. The molecule has 0 aromatic heterocycles. The molecular weight excluding hydrogens is 260 g/mol. The lowest BCUT2D eigenvalue weighted by Gasteiger charge is -2.33. The van der Waals surface area contributed by atoms with E-state index in [-0.39, 0.29) is 0 Å². The average molecular weight is 288 g/mol. The zero-order valence-corrected chi connectivity index (χ0v) is 13.5. The second-order valence-electron chi connectivity index (χ2n) is 5.92. The van der Waals surface area contributed by atoms with Crippen LogP contribution in [-0.2, 0) is 0 Å². The molecule has 21 heavy (non-hydrogen) atoms. The molecule has 4 heteroatoms. The highest BCUT2D eigenvalue weighted by atomic mass is 15.3. The third-order valence-electron chi connectivity index (χ3n) is 4.10. The molecule has 1 atom stereocenters. The van der Waals surface area contributed by atoms with Crippen molar-refractivity contribution in [1.29, 1.82) is 0 Å². The number of para-hydroxylation sites is 1. The van der Waals surface area contributed by atoms with Crippen LogP contribution in [0.25, 0.3) is 0 Å². The number of benzene rings is 1. The smallest absolute Gasteiger partial charge is 0.193 e. The van der Waals surface area contributed by atoms with Gasteiger partial charge < -0.3 is 15.1 Å². The molecule has 116 valence electrons. The predicted molar refractivity (Wildman–Crippen MR) is 91.0 cm³/mol. The van der Waals surface area contributed by atoms with Crippen LogP contribution < -0.4 is 10.2 Å². The van der Waals surface area contributed by atoms with E-state index >= 15 is 0 Å². The fraction of sp³-hybridized carbons (Fsp3) is 0.588. The van der Waals surface area contributed by atoms with Gasteiger partial charge in [-0.3, -0.25) is 4.99 Å². The van der Waals surface area contributed by atoms with Crippen molar-refractivity contribution in [2.24, 2.45) is 10.9 Å². The van der Waals surface area contributed by atoms with Crippen LogP contribution in [0.5, 0.6) is 0 Å². The Labute approximate surface area is 128 Å². The number of guanidine groups is 1. The van der Waals surface area contributed by atoms with Gasteiger partial charge in [0.25, 0.3) is 0 Å². The molecule has 1 saturated heterocycles. The van der Waals surface area contributed by atoms with E-state index in [0.717, 1.165) is 38.1 Å². The van der Waals surface area contributed by atoms with Crippen molar-refractivity contribution in [3.8, 4) is 0 Å². The minimum Gasteiger partial charge on any atom is -0.373 e. The summed E-state index contributed by atoms with van der Waals surface area (Å²) in [6.45, 7) is 6.44. The summed E-state index contributed by atoms with van der Waals surface area (Å²) in [7, 11) is 4.01. The van der Waals surface area contributed by atoms with Gasteiger partial charge in [-0.2, -0.15) is 0 Å². The lowest BCUT2D eigenvalue weighted by molar-refractivity contribution is 0.266. The molecule has 1 aliphatic rings. The van der Waals surface area contributed by atoms with Crippen LogP contribution in [0.15, 0.2) is 35.3 Å². The first-order valence-corrected chi connectivity index (χ1v) is 7.92. The van der Waals surface area contributed by atoms with Crippen molar-refractivity contribution in [3.05, 3.63) is 30.3 Å². The van der Waals surface area contributed by atoms with Crippen LogP contribution >= 0.6 is 0 Å². The first kappa shape index (κ1) is 15.7. The molecule has 0 amide bonds. The highest BCUT2D eigenvalue weighted by Gasteiger charge is 2.18. The number of nitrogens with one attached hydrogen (secondary N) is 1. The number of aliphatic imine (C=N–C) groups is 1. The van der Waals surface area contributed by atoms with Crippen molar-refractivity contribution < 1.29 is 0 Å². The Kier molecular flexibility index (Phi) is 5.90. The fourth-order valence-corrected chi connectivity index (χ4v) is 2.86. The maximum Gasteiger partial charge on any atom is 0.193 e. The maximum absolute atomic E-state index is 4.43. The number of rotatable bonds is 4. The molecule has 1 fully saturated rings. The summed E-state index contributed by atoms with van der Waals surface area (Å²) in [6.07, 6.45) is 2.61. The Balaban J connectivity index is 1.78. The summed E-state index contributed by atoms with van der Waals surface area (Å²) >= 11 is 0. The SMILES string of the molecule is CN=C(NCCN(C)c1ccccc1)N1CCCC(C)C1. The Morgan fingerprint density at radius 1 is 1.38 bits per heavy atom. The Morgan fingerprint density at radius 3 is 2.81 bits per heavy atom. The van der Waals surface area contributed by atoms with Gasteiger partial charge in [0, 0.05) is 46.0 Å². The van der Waals surface area contributed by atoms with Crippen molar-refractivity contribution in [1.82, 2.24) is 10.2 Å². The van der Waals surface area contributed by atoms with Crippen LogP contribution in [0.4, 0.5) is 5.69 Å². The molecule has 1 aromatic carbocycles. The van der Waals surface area contributed by atoms with Crippen LogP contribution in [0, 0.1) is 5.92 Å². The van der Waals surface area contributed by atoms with E-state index in [1.54, 1.807) is 0 Å². The van der Waals surface area contributed by atoms with E-state index < -0.39 is 0 Å². The van der Waals surface area contributed by atoms with Gasteiger partial charge in [-0.15, -0.1) is 0 Å². The molecule has 1 N–H and O–H groups in total. The van der Waals surface area contributed by atoms with Crippen LogP contribution in [0.2, 0.25) is 0 Å². The van der Waals surface area contributed by atoms with Crippen molar-refractivity contribution in [2.75, 3.05) is 45.2 Å². The van der Waals surface area contributed by atoms with Crippen LogP contribution in [-0.4, -0.2) is 51.1 Å². The molecule has 0 aliphatic carbocycles. The van der Waals surface area contributed by atoms with Gasteiger partial charge in [-0.05, 0) is 30.9 Å². The summed E-state index contributed by atoms with van der Waals surface area (Å²) in [5, 5.41) is 3.49. The average Bonchev–Trinajstić information content (AvgIpc) is 2.52. The van der Waals surface area contributed by atoms with Gasteiger partial charge in [0.1, 0.15) is 0 Å². The number of hydrogen-bond acceptors (Lipinski definition) is 2. The summed E-state index contributed by atoms with van der Waals surface area (Å²) in [5.74, 6) is 1.81. The predicted octanol–water partition coefficient (Wildman–Crippen LogP) is 2.43. The van der Waals surface area contributed by atoms with Crippen LogP contribution in [0.1, 0.15) is 19.8 Å². The second-order valence-corrected chi connectivity index (χ2v) is 5.92. The molecule has 1 aromatic rings. The van der Waals surface area contributed by atoms with Gasteiger partial charge in [0.05, 0.1) is 0 Å². The van der Waals surface area contributed by atoms with Gasteiger partial charge >= 0.3 is 0 Å². The van der Waals surface area contributed by atoms with Crippen LogP contribution in [0.3, 0.4) is 0 Å². The first-order chi connectivity index (χ1) is 10.2. The van der Waals surface area contributed by atoms with Crippen molar-refractivity contribution in [2.45, 2.75) is 19.8 Å². The standard InChI is InChI=1S/C17H28N4/c1-15-8-7-12-21(14-15)17(18-2)19-11-13-20(3)16-9-5-4-6-10-16/h4-6,9-10,15H,7-8,11-14H2,1-3H3,(H,18,19). The van der Waals surface area contributed by atoms with E-state index in [1.165, 1.54) is 18.5 Å². The fourth-order valence-electron chi connectivity index (χ4n) is 2.86. The molecule has 0 radical (unpaired) electrons. The number of hydrogen-bond donors (Lipinski definition) is 1. The van der Waals surface area contributed by atoms with Crippen molar-refractivity contribution in [3.63, 3.8) is 0 Å². The first-order valence-electron chi connectivity index (χ1n) is 7.92. The largest absolute Gasteiger partial charge is 0.373 e. The minimum absolute atomic E-state index is 0.768. The van der Waals surface area contributed by atoms with Crippen molar-refractivity contribution >= 4 is 11.6 Å². The molecule has 4 nitrogen and oxygen atoms in total. The zero-order chi connectivity index (χ0) is 15.1. The normalized spacial score (nSPS) is 19.5. The summed E-state index contributed by atoms with van der Waals surface area (Å²) in [6, 6.07) is 10.5. The van der Waals surface area contributed by atoms with Gasteiger partial charge in [0.15, 0.2) is 5.96 Å². The third-order valence-corrected chi connectivity index (χ3v) is 4.10. The quantitative estimate of drug-likeness (QED) is 0.682. The lowest BCUT2D eigenvalue weighted by atomic mass is 10.0. The zero-order valence-electron chi connectivity index (χ0n) is 13.5. The van der Waals surface area contributed by atoms with Gasteiger partial charge in [-0.25, -0.2) is 0 Å². The Bertz CT molecular complexity index is 443. The molecule has 2 rings (SSSR count). The molecule has 0 saturated carbocycles. The molecule has 1 unspecified atom stereocenters. The number of nitrogens with zero attached hydrogens (tertiary/aromatic N) is 3. The molecule has 1 heterocycles. The topological polar surface area (TPSA) is 30.9 Å². The number of anilines is 1. The molecular formula is C17H28N4. The maximum atomic E-state index is 4.43. The van der Waals surface area contributed by atoms with E-state index in [4.69, 9.17) is 0 Å². The van der Waals surface area contributed by atoms with E-state index in [2.05, 4.69) is 64.4 Å². The monoisotopic (exact) mass is 288 g/mol. The summed E-state index contributed by atoms with van der Waals surface area (Å²) in [4.78, 5) is 9.08. The molecule has 1 aliphatic heterocycles. The molecule has 0 bridgehead atoms. The highest BCUT2D eigenvalue weighted by Crippen LogP contribution is 2.15. The van der Waals surface area contributed by atoms with Gasteiger partial charge in [0.2, 0.25) is 0 Å². The number of piperidine rings is 1. The second kappa shape index (κ2) is 7.91. The van der Waals surface area contributed by atoms with E-state index in [9.17, 15) is 0 Å². The van der Waals surface area contributed by atoms with E-state index in [0.29, 0.717) is 0 Å². The molecule has 0 spiro atoms.